The maximum atomic E-state index is 10.8. The Kier molecular flexibility index (Phi) is 2.74. The molecular formula is C8H10N2O. The van der Waals surface area contributed by atoms with Gasteiger partial charge in [0, 0.05) is 18.8 Å². The van der Waals surface area contributed by atoms with Crippen LogP contribution in [0.25, 0.3) is 0 Å². The van der Waals surface area contributed by atoms with Crippen LogP contribution in [0, 0.1) is 0 Å². The van der Waals surface area contributed by atoms with Gasteiger partial charge in [0.25, 0.3) is 0 Å². The quantitative estimate of drug-likeness (QED) is 0.667. The minimum absolute atomic E-state index is 0.0520. The molecule has 0 aliphatic rings. The van der Waals surface area contributed by atoms with Crippen molar-refractivity contribution in [3.05, 3.63) is 30.1 Å². The first kappa shape index (κ1) is 7.88. The second-order valence-corrected chi connectivity index (χ2v) is 2.28. The Bertz CT molecular complexity index is 233. The Morgan fingerprint density at radius 3 is 2.64 bits per heavy atom. The average molecular weight is 150 g/mol. The highest BCUT2D eigenvalue weighted by Crippen LogP contribution is 1.96. The monoisotopic (exact) mass is 150 g/mol. The maximum absolute atomic E-state index is 10.8. The average Bonchev–Trinajstić information content (AvgIpc) is 2.06. The number of carbonyl (C=O) groups is 1. The second-order valence-electron chi connectivity index (χ2n) is 2.28. The summed E-state index contributed by atoms with van der Waals surface area (Å²) in [5.41, 5.74) is 6.12. The molecule has 0 unspecified atom stereocenters. The maximum Gasteiger partial charge on any atom is 0.150 e. The summed E-state index contributed by atoms with van der Waals surface area (Å²) in [6, 6.07) is 3.63. The summed E-state index contributed by atoms with van der Waals surface area (Å²) < 4.78 is 0. The third kappa shape index (κ3) is 2.47. The van der Waals surface area contributed by atoms with Crippen molar-refractivity contribution in [1.82, 2.24) is 4.98 Å². The third-order valence-electron chi connectivity index (χ3n) is 1.38. The Morgan fingerprint density at radius 2 is 2.09 bits per heavy atom. The molecule has 0 atom stereocenters. The second kappa shape index (κ2) is 3.83. The lowest BCUT2D eigenvalue weighted by Crippen LogP contribution is -2.15. The molecule has 0 saturated carbocycles. The van der Waals surface area contributed by atoms with Gasteiger partial charge in [-0.05, 0) is 17.7 Å². The van der Waals surface area contributed by atoms with Crippen molar-refractivity contribution in [3.63, 3.8) is 0 Å². The Morgan fingerprint density at radius 1 is 1.45 bits per heavy atom. The van der Waals surface area contributed by atoms with E-state index in [1.54, 1.807) is 12.4 Å². The molecular weight excluding hydrogens is 140 g/mol. The van der Waals surface area contributed by atoms with Gasteiger partial charge in [-0.25, -0.2) is 0 Å². The molecule has 0 spiro atoms. The number of ketones is 1. The van der Waals surface area contributed by atoms with Crippen LogP contribution in [-0.4, -0.2) is 17.3 Å². The largest absolute Gasteiger partial charge is 0.324 e. The standard InChI is InChI=1S/C8H10N2O/c9-6-8(11)5-7-1-3-10-4-2-7/h1-4H,5-6,9H2. The van der Waals surface area contributed by atoms with E-state index in [1.165, 1.54) is 0 Å². The van der Waals surface area contributed by atoms with Crippen LogP contribution in [0.3, 0.4) is 0 Å². The predicted octanol–water partition coefficient (Wildman–Crippen LogP) is 0.152. The molecule has 0 amide bonds. The van der Waals surface area contributed by atoms with Gasteiger partial charge in [0.15, 0.2) is 5.78 Å². The van der Waals surface area contributed by atoms with Crippen LogP contribution in [0.1, 0.15) is 5.56 Å². The van der Waals surface area contributed by atoms with Gasteiger partial charge in [0.1, 0.15) is 0 Å². The fraction of sp³-hybridized carbons (Fsp3) is 0.250. The minimum atomic E-state index is 0.0520. The molecule has 1 aromatic rings. The Balaban J connectivity index is 2.58. The van der Waals surface area contributed by atoms with E-state index in [4.69, 9.17) is 5.73 Å². The zero-order valence-electron chi connectivity index (χ0n) is 6.16. The van der Waals surface area contributed by atoms with Crippen LogP contribution in [-0.2, 0) is 11.2 Å². The number of Topliss-reactive ketones (excluding diaryl/α,β-unsaturated/α-hetero) is 1. The molecule has 11 heavy (non-hydrogen) atoms. The first-order valence-electron chi connectivity index (χ1n) is 3.43. The number of pyridine rings is 1. The van der Waals surface area contributed by atoms with Crippen LogP contribution >= 0.6 is 0 Å². The van der Waals surface area contributed by atoms with Crippen LogP contribution in [0.5, 0.6) is 0 Å². The third-order valence-corrected chi connectivity index (χ3v) is 1.38. The molecule has 58 valence electrons. The Hall–Kier alpha value is -1.22. The molecule has 3 heteroatoms. The topological polar surface area (TPSA) is 56.0 Å². The molecule has 1 aromatic heterocycles. The number of aromatic nitrogens is 1. The lowest BCUT2D eigenvalue weighted by atomic mass is 10.1. The van der Waals surface area contributed by atoms with Gasteiger partial charge < -0.3 is 5.73 Å². The number of hydrogen-bond acceptors (Lipinski definition) is 3. The lowest BCUT2D eigenvalue weighted by Gasteiger charge is -1.95. The number of nitrogens with two attached hydrogens (primary N) is 1. The van der Waals surface area contributed by atoms with Crippen molar-refractivity contribution in [3.8, 4) is 0 Å². The van der Waals surface area contributed by atoms with E-state index in [-0.39, 0.29) is 12.3 Å². The number of carbonyl (C=O) groups excluding carboxylic acids is 1. The van der Waals surface area contributed by atoms with Crippen LogP contribution in [0.15, 0.2) is 24.5 Å². The normalized spacial score (nSPS) is 9.55. The summed E-state index contributed by atoms with van der Waals surface area (Å²) in [5.74, 6) is 0.0520. The first-order chi connectivity index (χ1) is 5.33. The zero-order chi connectivity index (χ0) is 8.10. The predicted molar refractivity (Wildman–Crippen MR) is 42.0 cm³/mol. The lowest BCUT2D eigenvalue weighted by molar-refractivity contribution is -0.117. The smallest absolute Gasteiger partial charge is 0.150 e. The molecule has 0 aromatic carbocycles. The summed E-state index contributed by atoms with van der Waals surface area (Å²) in [5, 5.41) is 0. The molecule has 0 aliphatic carbocycles. The van der Waals surface area contributed by atoms with Crippen LogP contribution < -0.4 is 5.73 Å². The van der Waals surface area contributed by atoms with Crippen molar-refractivity contribution in [2.24, 2.45) is 5.73 Å². The van der Waals surface area contributed by atoms with Gasteiger partial charge in [-0.1, -0.05) is 0 Å². The van der Waals surface area contributed by atoms with Gasteiger partial charge in [0.2, 0.25) is 0 Å². The van der Waals surface area contributed by atoms with E-state index < -0.39 is 0 Å². The van der Waals surface area contributed by atoms with Crippen molar-refractivity contribution < 1.29 is 4.79 Å². The van der Waals surface area contributed by atoms with E-state index in [0.29, 0.717) is 6.42 Å². The molecule has 1 heterocycles. The molecule has 3 nitrogen and oxygen atoms in total. The van der Waals surface area contributed by atoms with Crippen molar-refractivity contribution >= 4 is 5.78 Å². The van der Waals surface area contributed by atoms with Crippen molar-refractivity contribution in [2.75, 3.05) is 6.54 Å². The highest BCUT2D eigenvalue weighted by Gasteiger charge is 1.98. The van der Waals surface area contributed by atoms with Gasteiger partial charge in [-0.3, -0.25) is 9.78 Å². The summed E-state index contributed by atoms with van der Waals surface area (Å²) in [7, 11) is 0. The van der Waals surface area contributed by atoms with Gasteiger partial charge in [-0.2, -0.15) is 0 Å². The summed E-state index contributed by atoms with van der Waals surface area (Å²) in [4.78, 5) is 14.7. The van der Waals surface area contributed by atoms with E-state index >= 15 is 0 Å². The van der Waals surface area contributed by atoms with Crippen molar-refractivity contribution in [2.45, 2.75) is 6.42 Å². The summed E-state index contributed by atoms with van der Waals surface area (Å²) in [6.45, 7) is 0.113. The Labute approximate surface area is 65.2 Å². The fourth-order valence-electron chi connectivity index (χ4n) is 0.800. The molecule has 2 N–H and O–H groups in total. The SMILES string of the molecule is NCC(=O)Cc1ccncc1. The highest BCUT2D eigenvalue weighted by molar-refractivity contribution is 5.82. The van der Waals surface area contributed by atoms with Crippen LogP contribution in [0.4, 0.5) is 0 Å². The minimum Gasteiger partial charge on any atom is -0.324 e. The zero-order valence-corrected chi connectivity index (χ0v) is 6.16. The van der Waals surface area contributed by atoms with Gasteiger partial charge in [0.05, 0.1) is 6.54 Å². The van der Waals surface area contributed by atoms with E-state index in [0.717, 1.165) is 5.56 Å². The number of hydrogen-bond donors (Lipinski definition) is 1. The molecule has 0 aliphatic heterocycles. The number of rotatable bonds is 3. The first-order valence-corrected chi connectivity index (χ1v) is 3.43. The molecule has 0 saturated heterocycles. The van der Waals surface area contributed by atoms with E-state index in [9.17, 15) is 4.79 Å². The van der Waals surface area contributed by atoms with E-state index in [1.807, 2.05) is 12.1 Å². The highest BCUT2D eigenvalue weighted by atomic mass is 16.1. The van der Waals surface area contributed by atoms with Crippen molar-refractivity contribution in [1.29, 1.82) is 0 Å². The van der Waals surface area contributed by atoms with Crippen LogP contribution in [0.2, 0.25) is 0 Å². The summed E-state index contributed by atoms with van der Waals surface area (Å²) in [6.07, 6.45) is 3.75. The molecule has 0 bridgehead atoms. The molecule has 0 fully saturated rings. The van der Waals surface area contributed by atoms with Gasteiger partial charge in [-0.15, -0.1) is 0 Å². The fourth-order valence-corrected chi connectivity index (χ4v) is 0.800. The number of nitrogens with zero attached hydrogens (tertiary/aromatic N) is 1. The summed E-state index contributed by atoms with van der Waals surface area (Å²) >= 11 is 0. The van der Waals surface area contributed by atoms with Gasteiger partial charge >= 0.3 is 0 Å². The van der Waals surface area contributed by atoms with E-state index in [2.05, 4.69) is 4.98 Å². The molecule has 1 rings (SSSR count). The molecule has 0 radical (unpaired) electrons.